The van der Waals surface area contributed by atoms with Crippen molar-refractivity contribution in [1.29, 1.82) is 0 Å². The first-order valence-electron chi connectivity index (χ1n) is 7.40. The van der Waals surface area contributed by atoms with Gasteiger partial charge in [-0.25, -0.2) is 9.59 Å². The van der Waals surface area contributed by atoms with Gasteiger partial charge in [-0.1, -0.05) is 18.2 Å². The second-order valence-corrected chi connectivity index (χ2v) is 5.58. The molecule has 25 heavy (non-hydrogen) atoms. The highest BCUT2D eigenvalue weighted by atomic mass is 32.1. The molecule has 0 amide bonds. The Morgan fingerprint density at radius 1 is 0.920 bits per heavy atom. The number of esters is 2. The van der Waals surface area contributed by atoms with Gasteiger partial charge in [-0.3, -0.25) is 0 Å². The van der Waals surface area contributed by atoms with Gasteiger partial charge >= 0.3 is 11.9 Å². The number of carbonyl (C=O) groups excluding carboxylic acids is 2. The van der Waals surface area contributed by atoms with E-state index in [9.17, 15) is 9.59 Å². The fraction of sp³-hybridized carbons (Fsp3) is 0.167. The number of rotatable bonds is 4. The molecule has 0 aliphatic carbocycles. The zero-order valence-electron chi connectivity index (χ0n) is 14.1. The Labute approximate surface area is 151 Å². The fourth-order valence-electron chi connectivity index (χ4n) is 2.17. The minimum atomic E-state index is -0.563. The van der Waals surface area contributed by atoms with Crippen LogP contribution in [0.5, 0.6) is 0 Å². The van der Waals surface area contributed by atoms with Crippen molar-refractivity contribution < 1.29 is 19.1 Å². The number of benzene rings is 2. The molecule has 0 saturated heterocycles. The summed E-state index contributed by atoms with van der Waals surface area (Å²) in [4.78, 5) is 23.6. The Morgan fingerprint density at radius 2 is 1.48 bits per heavy atom. The zero-order valence-corrected chi connectivity index (χ0v) is 14.9. The van der Waals surface area contributed by atoms with Gasteiger partial charge in [0.25, 0.3) is 0 Å². The second-order valence-electron chi connectivity index (χ2n) is 5.18. The van der Waals surface area contributed by atoms with Gasteiger partial charge in [0, 0.05) is 11.4 Å². The van der Waals surface area contributed by atoms with E-state index >= 15 is 0 Å². The Hall–Kier alpha value is -2.93. The number of hydrogen-bond donors (Lipinski definition) is 2. The molecule has 0 aliphatic heterocycles. The lowest BCUT2D eigenvalue weighted by atomic mass is 10.1. The van der Waals surface area contributed by atoms with Gasteiger partial charge in [0.2, 0.25) is 0 Å². The molecule has 2 rings (SSSR count). The van der Waals surface area contributed by atoms with Gasteiger partial charge in [0.1, 0.15) is 0 Å². The smallest absolute Gasteiger partial charge is 0.337 e. The Morgan fingerprint density at radius 3 is 2.00 bits per heavy atom. The van der Waals surface area contributed by atoms with Crippen LogP contribution in [0.15, 0.2) is 42.5 Å². The third-order valence-electron chi connectivity index (χ3n) is 3.43. The fourth-order valence-corrected chi connectivity index (χ4v) is 2.40. The van der Waals surface area contributed by atoms with E-state index in [-0.39, 0.29) is 11.1 Å². The number of ether oxygens (including phenoxy) is 2. The van der Waals surface area contributed by atoms with Crippen molar-refractivity contribution >= 4 is 40.6 Å². The third kappa shape index (κ3) is 4.77. The molecule has 0 saturated carbocycles. The molecule has 0 unspecified atom stereocenters. The molecule has 0 fully saturated rings. The van der Waals surface area contributed by atoms with E-state index in [1.54, 1.807) is 12.1 Å². The van der Waals surface area contributed by atoms with Gasteiger partial charge in [-0.15, -0.1) is 0 Å². The molecular weight excluding hydrogens is 340 g/mol. The number of para-hydroxylation sites is 1. The largest absolute Gasteiger partial charge is 0.465 e. The molecule has 0 atom stereocenters. The van der Waals surface area contributed by atoms with E-state index in [2.05, 4.69) is 10.6 Å². The second kappa shape index (κ2) is 8.25. The van der Waals surface area contributed by atoms with Crippen LogP contribution in [-0.2, 0) is 9.47 Å². The number of aryl methyl sites for hydroxylation is 1. The van der Waals surface area contributed by atoms with E-state index in [4.69, 9.17) is 21.7 Å². The van der Waals surface area contributed by atoms with Crippen LogP contribution < -0.4 is 10.6 Å². The molecule has 2 aromatic rings. The van der Waals surface area contributed by atoms with Crippen LogP contribution >= 0.6 is 12.2 Å². The first-order chi connectivity index (χ1) is 11.9. The Bertz CT molecular complexity index is 786. The Balaban J connectivity index is 2.25. The topological polar surface area (TPSA) is 76.7 Å². The van der Waals surface area contributed by atoms with E-state index in [0.29, 0.717) is 10.8 Å². The molecule has 130 valence electrons. The van der Waals surface area contributed by atoms with Crippen LogP contribution in [0.25, 0.3) is 0 Å². The molecule has 2 aromatic carbocycles. The normalized spacial score (nSPS) is 9.88. The lowest BCUT2D eigenvalue weighted by molar-refractivity contribution is 0.0599. The van der Waals surface area contributed by atoms with Crippen LogP contribution in [0, 0.1) is 6.92 Å². The van der Waals surface area contributed by atoms with E-state index in [1.807, 2.05) is 31.2 Å². The van der Waals surface area contributed by atoms with Crippen LogP contribution in [0.3, 0.4) is 0 Å². The van der Waals surface area contributed by atoms with Crippen molar-refractivity contribution in [3.05, 3.63) is 59.2 Å². The highest BCUT2D eigenvalue weighted by molar-refractivity contribution is 7.80. The maximum Gasteiger partial charge on any atom is 0.337 e. The summed E-state index contributed by atoms with van der Waals surface area (Å²) < 4.78 is 9.42. The van der Waals surface area contributed by atoms with Crippen molar-refractivity contribution in [3.8, 4) is 0 Å². The number of nitrogens with one attached hydrogen (secondary N) is 2. The van der Waals surface area contributed by atoms with Gasteiger partial charge in [-0.05, 0) is 49.0 Å². The molecule has 0 spiro atoms. The summed E-state index contributed by atoms with van der Waals surface area (Å²) in [7, 11) is 2.54. The maximum atomic E-state index is 11.8. The Kier molecular flexibility index (Phi) is 6.08. The predicted octanol–water partition coefficient (Wildman–Crippen LogP) is 3.38. The summed E-state index contributed by atoms with van der Waals surface area (Å²) in [6.45, 7) is 1.96. The number of thiocarbonyl (C=S) groups is 1. The standard InChI is InChI=1S/C18H18N2O4S/c1-11-6-4-5-7-15(11)20-18(25)19-14-9-12(16(21)23-2)8-13(10-14)17(22)24-3/h4-10H,1-3H3,(H2,19,20,25). The van der Waals surface area contributed by atoms with Gasteiger partial charge < -0.3 is 20.1 Å². The van der Waals surface area contributed by atoms with E-state index in [0.717, 1.165) is 11.3 Å². The number of carbonyl (C=O) groups is 2. The van der Waals surface area contributed by atoms with Crippen molar-refractivity contribution in [2.45, 2.75) is 6.92 Å². The molecule has 7 heteroatoms. The molecule has 0 aliphatic rings. The maximum absolute atomic E-state index is 11.8. The van der Waals surface area contributed by atoms with Crippen LogP contribution in [-0.4, -0.2) is 31.3 Å². The summed E-state index contributed by atoms with van der Waals surface area (Å²) in [5.74, 6) is -1.13. The van der Waals surface area contributed by atoms with Gasteiger partial charge in [0.05, 0.1) is 25.3 Å². The summed E-state index contributed by atoms with van der Waals surface area (Å²) in [6.07, 6.45) is 0. The van der Waals surface area contributed by atoms with E-state index in [1.165, 1.54) is 20.3 Å². The number of anilines is 2. The minimum absolute atomic E-state index is 0.214. The van der Waals surface area contributed by atoms with Crippen LogP contribution in [0.4, 0.5) is 11.4 Å². The molecule has 2 N–H and O–H groups in total. The van der Waals surface area contributed by atoms with Crippen LogP contribution in [0.2, 0.25) is 0 Å². The minimum Gasteiger partial charge on any atom is -0.465 e. The molecule has 0 aromatic heterocycles. The van der Waals surface area contributed by atoms with Crippen molar-refractivity contribution in [2.75, 3.05) is 24.9 Å². The predicted molar refractivity (Wildman–Crippen MR) is 100 cm³/mol. The molecular formula is C18H18N2O4S. The molecule has 6 nitrogen and oxygen atoms in total. The third-order valence-corrected chi connectivity index (χ3v) is 3.63. The average molecular weight is 358 g/mol. The zero-order chi connectivity index (χ0) is 18.4. The SMILES string of the molecule is COC(=O)c1cc(NC(=S)Nc2ccccc2C)cc(C(=O)OC)c1. The molecule has 0 bridgehead atoms. The average Bonchev–Trinajstić information content (AvgIpc) is 2.61. The summed E-state index contributed by atoms with van der Waals surface area (Å²) in [6, 6.07) is 12.2. The van der Waals surface area contributed by atoms with Crippen LogP contribution in [0.1, 0.15) is 26.3 Å². The number of hydrogen-bond acceptors (Lipinski definition) is 5. The van der Waals surface area contributed by atoms with Crippen molar-refractivity contribution in [2.24, 2.45) is 0 Å². The highest BCUT2D eigenvalue weighted by Gasteiger charge is 2.14. The summed E-state index contributed by atoms with van der Waals surface area (Å²) in [5, 5.41) is 6.36. The first kappa shape index (κ1) is 18.4. The molecule has 0 heterocycles. The lowest BCUT2D eigenvalue weighted by Gasteiger charge is -2.14. The van der Waals surface area contributed by atoms with Gasteiger partial charge in [0.15, 0.2) is 5.11 Å². The summed E-state index contributed by atoms with van der Waals surface area (Å²) >= 11 is 5.30. The number of methoxy groups -OCH3 is 2. The van der Waals surface area contributed by atoms with Crippen molar-refractivity contribution in [3.63, 3.8) is 0 Å². The van der Waals surface area contributed by atoms with E-state index < -0.39 is 11.9 Å². The highest BCUT2D eigenvalue weighted by Crippen LogP contribution is 2.18. The van der Waals surface area contributed by atoms with Crippen molar-refractivity contribution in [1.82, 2.24) is 0 Å². The first-order valence-corrected chi connectivity index (χ1v) is 7.80. The quantitative estimate of drug-likeness (QED) is 0.641. The lowest BCUT2D eigenvalue weighted by Crippen LogP contribution is -2.20. The van der Waals surface area contributed by atoms with Gasteiger partial charge in [-0.2, -0.15) is 0 Å². The summed E-state index contributed by atoms with van der Waals surface area (Å²) in [5.41, 5.74) is 2.79. The monoisotopic (exact) mass is 358 g/mol. The molecule has 0 radical (unpaired) electrons.